The predicted octanol–water partition coefficient (Wildman–Crippen LogP) is 4.20. The van der Waals surface area contributed by atoms with Crippen LogP contribution in [-0.2, 0) is 5.41 Å². The summed E-state index contributed by atoms with van der Waals surface area (Å²) in [6, 6.07) is 9.34. The van der Waals surface area contributed by atoms with Crippen LogP contribution in [0.3, 0.4) is 0 Å². The Balaban J connectivity index is 1.73. The van der Waals surface area contributed by atoms with Gasteiger partial charge >= 0.3 is 0 Å². The fourth-order valence-corrected chi connectivity index (χ4v) is 4.46. The van der Waals surface area contributed by atoms with E-state index in [0.29, 0.717) is 0 Å². The molecule has 0 spiro atoms. The summed E-state index contributed by atoms with van der Waals surface area (Å²) in [6.45, 7) is 7.23. The zero-order valence-corrected chi connectivity index (χ0v) is 13.6. The van der Waals surface area contributed by atoms with Gasteiger partial charge in [-0.15, -0.1) is 0 Å². The molecule has 2 nitrogen and oxygen atoms in total. The number of rotatable bonds is 3. The molecule has 2 fully saturated rings. The summed E-state index contributed by atoms with van der Waals surface area (Å²) in [5, 5.41) is 0. The lowest BCUT2D eigenvalue weighted by molar-refractivity contribution is 0.0460. The third-order valence-electron chi connectivity index (χ3n) is 5.65. The zero-order chi connectivity index (χ0) is 14.9. The molecule has 2 atom stereocenters. The van der Waals surface area contributed by atoms with Crippen LogP contribution >= 0.6 is 0 Å². The summed E-state index contributed by atoms with van der Waals surface area (Å²) in [4.78, 5) is 2.80. The third kappa shape index (κ3) is 3.26. The highest BCUT2D eigenvalue weighted by Gasteiger charge is 2.36. The molecular weight excluding hydrogens is 256 g/mol. The average molecular weight is 286 g/mol. The molecule has 1 aliphatic carbocycles. The van der Waals surface area contributed by atoms with E-state index in [0.717, 1.165) is 17.6 Å². The van der Waals surface area contributed by atoms with Crippen molar-refractivity contribution in [2.45, 2.75) is 63.8 Å². The molecular formula is C19H30N2. The topological polar surface area (TPSA) is 29.3 Å². The second-order valence-electron chi connectivity index (χ2n) is 7.73. The Morgan fingerprint density at radius 2 is 1.71 bits per heavy atom. The van der Waals surface area contributed by atoms with E-state index in [1.807, 2.05) is 12.1 Å². The summed E-state index contributed by atoms with van der Waals surface area (Å²) in [7, 11) is 0. The van der Waals surface area contributed by atoms with Gasteiger partial charge in [0.25, 0.3) is 0 Å². The lowest BCUT2D eigenvalue weighted by Gasteiger charge is -2.47. The molecule has 0 aromatic heterocycles. The van der Waals surface area contributed by atoms with Crippen molar-refractivity contribution >= 4 is 5.69 Å². The number of hydrogen-bond donors (Lipinski definition) is 1. The molecule has 116 valence electrons. The molecule has 1 aromatic carbocycles. The van der Waals surface area contributed by atoms with Crippen LogP contribution < -0.4 is 5.73 Å². The number of hydrogen-bond acceptors (Lipinski definition) is 2. The van der Waals surface area contributed by atoms with Gasteiger partial charge in [-0.1, -0.05) is 38.8 Å². The molecule has 21 heavy (non-hydrogen) atoms. The van der Waals surface area contributed by atoms with Crippen molar-refractivity contribution in [3.05, 3.63) is 29.8 Å². The summed E-state index contributed by atoms with van der Waals surface area (Å²) in [5.41, 5.74) is 8.31. The van der Waals surface area contributed by atoms with Crippen molar-refractivity contribution < 1.29 is 0 Å². The van der Waals surface area contributed by atoms with Gasteiger partial charge in [0.15, 0.2) is 0 Å². The van der Waals surface area contributed by atoms with Crippen molar-refractivity contribution in [3.8, 4) is 0 Å². The maximum atomic E-state index is 5.83. The van der Waals surface area contributed by atoms with E-state index in [4.69, 9.17) is 5.73 Å². The molecule has 2 aliphatic rings. The fraction of sp³-hybridized carbons (Fsp3) is 0.684. The van der Waals surface area contributed by atoms with E-state index in [-0.39, 0.29) is 5.41 Å². The van der Waals surface area contributed by atoms with E-state index in [9.17, 15) is 0 Å². The molecule has 0 radical (unpaired) electrons. The van der Waals surface area contributed by atoms with Gasteiger partial charge in [0, 0.05) is 23.7 Å². The van der Waals surface area contributed by atoms with Crippen molar-refractivity contribution in [2.75, 3.05) is 18.8 Å². The maximum Gasteiger partial charge on any atom is 0.0314 e. The van der Waals surface area contributed by atoms with Gasteiger partial charge in [-0.3, -0.25) is 4.90 Å². The summed E-state index contributed by atoms with van der Waals surface area (Å²) >= 11 is 0. The standard InChI is InChI=1S/C19H30N2/c1-19(2,16-9-11-17(20)12-10-16)14-21-13-5-7-15-6-3-4-8-18(15)21/h9-12,15,18H,3-8,13-14,20H2,1-2H3. The van der Waals surface area contributed by atoms with Gasteiger partial charge in [0.1, 0.15) is 0 Å². The lowest BCUT2D eigenvalue weighted by atomic mass is 9.76. The van der Waals surface area contributed by atoms with Gasteiger partial charge in [-0.05, 0) is 55.8 Å². The quantitative estimate of drug-likeness (QED) is 0.844. The van der Waals surface area contributed by atoms with Crippen molar-refractivity contribution in [1.82, 2.24) is 4.90 Å². The molecule has 0 bridgehead atoms. The molecule has 3 rings (SSSR count). The van der Waals surface area contributed by atoms with E-state index in [1.54, 1.807) is 0 Å². The lowest BCUT2D eigenvalue weighted by Crippen LogP contribution is -2.50. The first-order valence-electron chi connectivity index (χ1n) is 8.66. The average Bonchev–Trinajstić information content (AvgIpc) is 2.48. The minimum absolute atomic E-state index is 0.201. The smallest absolute Gasteiger partial charge is 0.0314 e. The second kappa shape index (κ2) is 6.00. The zero-order valence-electron chi connectivity index (χ0n) is 13.6. The number of nitrogen functional groups attached to an aromatic ring is 1. The number of nitrogens with zero attached hydrogens (tertiary/aromatic N) is 1. The summed E-state index contributed by atoms with van der Waals surface area (Å²) in [6.07, 6.45) is 8.62. The maximum absolute atomic E-state index is 5.83. The first-order chi connectivity index (χ1) is 10.1. The minimum atomic E-state index is 0.201. The van der Waals surface area contributed by atoms with Crippen LogP contribution in [0.5, 0.6) is 0 Å². The second-order valence-corrected chi connectivity index (χ2v) is 7.73. The Kier molecular flexibility index (Phi) is 4.26. The van der Waals surface area contributed by atoms with Crippen LogP contribution in [0.4, 0.5) is 5.69 Å². The number of fused-ring (bicyclic) bond motifs is 1. The van der Waals surface area contributed by atoms with Gasteiger partial charge in [0.05, 0.1) is 0 Å². The van der Waals surface area contributed by atoms with Crippen LogP contribution in [0, 0.1) is 5.92 Å². The van der Waals surface area contributed by atoms with Crippen LogP contribution in [-0.4, -0.2) is 24.0 Å². The SMILES string of the molecule is CC(C)(CN1CCCC2CCCCC21)c1ccc(N)cc1. The first kappa shape index (κ1) is 14.9. The van der Waals surface area contributed by atoms with Crippen LogP contribution in [0.25, 0.3) is 0 Å². The van der Waals surface area contributed by atoms with Crippen molar-refractivity contribution in [2.24, 2.45) is 5.92 Å². The largest absolute Gasteiger partial charge is 0.399 e. The molecule has 0 amide bonds. The summed E-state index contributed by atoms with van der Waals surface area (Å²) in [5.74, 6) is 0.967. The highest BCUT2D eigenvalue weighted by Crippen LogP contribution is 2.37. The Hall–Kier alpha value is -1.02. The van der Waals surface area contributed by atoms with Crippen molar-refractivity contribution in [3.63, 3.8) is 0 Å². The van der Waals surface area contributed by atoms with Gasteiger partial charge < -0.3 is 5.73 Å². The van der Waals surface area contributed by atoms with E-state index < -0.39 is 0 Å². The Morgan fingerprint density at radius 1 is 1.05 bits per heavy atom. The summed E-state index contributed by atoms with van der Waals surface area (Å²) < 4.78 is 0. The monoisotopic (exact) mass is 286 g/mol. The molecule has 1 saturated carbocycles. The molecule has 2 unspecified atom stereocenters. The van der Waals surface area contributed by atoms with E-state index in [2.05, 4.69) is 30.9 Å². The van der Waals surface area contributed by atoms with Gasteiger partial charge in [0.2, 0.25) is 0 Å². The van der Waals surface area contributed by atoms with E-state index in [1.165, 1.54) is 57.2 Å². The fourth-order valence-electron chi connectivity index (χ4n) is 4.46. The highest BCUT2D eigenvalue weighted by atomic mass is 15.2. The highest BCUT2D eigenvalue weighted by molar-refractivity contribution is 5.41. The molecule has 2 heteroatoms. The predicted molar refractivity (Wildman–Crippen MR) is 90.4 cm³/mol. The normalized spacial score (nSPS) is 27.3. The van der Waals surface area contributed by atoms with Crippen molar-refractivity contribution in [1.29, 1.82) is 0 Å². The number of likely N-dealkylation sites (tertiary alicyclic amines) is 1. The molecule has 1 aromatic rings. The number of anilines is 1. The van der Waals surface area contributed by atoms with Gasteiger partial charge in [-0.2, -0.15) is 0 Å². The first-order valence-corrected chi connectivity index (χ1v) is 8.66. The third-order valence-corrected chi connectivity index (χ3v) is 5.65. The van der Waals surface area contributed by atoms with E-state index >= 15 is 0 Å². The Bertz CT molecular complexity index is 461. The Morgan fingerprint density at radius 3 is 2.48 bits per heavy atom. The van der Waals surface area contributed by atoms with Crippen LogP contribution in [0.15, 0.2) is 24.3 Å². The molecule has 2 N–H and O–H groups in total. The Labute approximate surface area is 129 Å². The van der Waals surface area contributed by atoms with Gasteiger partial charge in [-0.25, -0.2) is 0 Å². The van der Waals surface area contributed by atoms with Crippen LogP contribution in [0.2, 0.25) is 0 Å². The van der Waals surface area contributed by atoms with Crippen LogP contribution in [0.1, 0.15) is 57.9 Å². The molecule has 1 aliphatic heterocycles. The number of nitrogens with two attached hydrogens (primary N) is 1. The molecule has 1 saturated heterocycles. The molecule has 1 heterocycles. The number of piperidine rings is 1. The minimum Gasteiger partial charge on any atom is -0.399 e. The number of benzene rings is 1.